The van der Waals surface area contributed by atoms with Crippen LogP contribution in [0.2, 0.25) is 0 Å². The van der Waals surface area contributed by atoms with Crippen LogP contribution in [0.15, 0.2) is 0 Å². The van der Waals surface area contributed by atoms with Crippen LogP contribution in [0.3, 0.4) is 0 Å². The predicted octanol–water partition coefficient (Wildman–Crippen LogP) is 0.707. The first-order valence-corrected chi connectivity index (χ1v) is 3.55. The Kier molecular flexibility index (Phi) is 3.82. The summed E-state index contributed by atoms with van der Waals surface area (Å²) in [6.45, 7) is 6.26. The summed E-state index contributed by atoms with van der Waals surface area (Å²) in [7, 11) is 0. The van der Waals surface area contributed by atoms with Crippen molar-refractivity contribution in [1.29, 1.82) is 0 Å². The maximum Gasteiger partial charge on any atom is 0.0192 e. The molecule has 0 aliphatic rings. The van der Waals surface area contributed by atoms with E-state index in [2.05, 4.69) is 13.8 Å². The van der Waals surface area contributed by atoms with E-state index in [1.54, 1.807) is 0 Å². The van der Waals surface area contributed by atoms with Gasteiger partial charge < -0.3 is 11.5 Å². The molecule has 0 aromatic carbocycles. The first kappa shape index (κ1) is 8.92. The molecule has 0 amide bonds. The standard InChI is InChI=1S/C7H18N2/c1-5(2)4-7(9)6(3)8/h5-7H,4,8-9H2,1-3H3. The van der Waals surface area contributed by atoms with Crippen LogP contribution < -0.4 is 11.5 Å². The third-order valence-corrected chi connectivity index (χ3v) is 1.42. The van der Waals surface area contributed by atoms with Gasteiger partial charge in [0.25, 0.3) is 0 Å². The fraction of sp³-hybridized carbons (Fsp3) is 1.00. The average molecular weight is 130 g/mol. The molecule has 0 heterocycles. The second kappa shape index (κ2) is 3.85. The van der Waals surface area contributed by atoms with Gasteiger partial charge in [-0.3, -0.25) is 0 Å². The van der Waals surface area contributed by atoms with Gasteiger partial charge in [-0.15, -0.1) is 0 Å². The van der Waals surface area contributed by atoms with Crippen LogP contribution in [-0.2, 0) is 0 Å². The van der Waals surface area contributed by atoms with Gasteiger partial charge in [0.2, 0.25) is 0 Å². The van der Waals surface area contributed by atoms with Crippen LogP contribution in [-0.4, -0.2) is 12.1 Å². The molecule has 56 valence electrons. The maximum absolute atomic E-state index is 5.69. The van der Waals surface area contributed by atoms with Crippen molar-refractivity contribution < 1.29 is 0 Å². The molecule has 0 saturated carbocycles. The van der Waals surface area contributed by atoms with Crippen LogP contribution in [0.4, 0.5) is 0 Å². The maximum atomic E-state index is 5.69. The molecule has 0 aliphatic carbocycles. The highest BCUT2D eigenvalue weighted by molar-refractivity contribution is 4.71. The van der Waals surface area contributed by atoms with Crippen molar-refractivity contribution >= 4 is 0 Å². The zero-order chi connectivity index (χ0) is 7.44. The minimum atomic E-state index is 0.132. The summed E-state index contributed by atoms with van der Waals surface area (Å²) in [5.41, 5.74) is 11.3. The van der Waals surface area contributed by atoms with Crippen molar-refractivity contribution in [2.45, 2.75) is 39.3 Å². The Morgan fingerprint density at radius 2 is 1.56 bits per heavy atom. The summed E-state index contributed by atoms with van der Waals surface area (Å²) in [6.07, 6.45) is 1.03. The topological polar surface area (TPSA) is 52.0 Å². The van der Waals surface area contributed by atoms with Crippen molar-refractivity contribution in [3.05, 3.63) is 0 Å². The number of hydrogen-bond acceptors (Lipinski definition) is 2. The molecule has 0 fully saturated rings. The van der Waals surface area contributed by atoms with Crippen molar-refractivity contribution in [3.63, 3.8) is 0 Å². The molecule has 0 aromatic rings. The van der Waals surface area contributed by atoms with E-state index in [4.69, 9.17) is 11.5 Å². The summed E-state index contributed by atoms with van der Waals surface area (Å²) in [5, 5.41) is 0. The molecule has 2 heteroatoms. The van der Waals surface area contributed by atoms with E-state index < -0.39 is 0 Å². The Morgan fingerprint density at radius 1 is 1.11 bits per heavy atom. The van der Waals surface area contributed by atoms with Crippen LogP contribution >= 0.6 is 0 Å². The van der Waals surface area contributed by atoms with E-state index >= 15 is 0 Å². The molecule has 2 atom stereocenters. The molecule has 0 spiro atoms. The van der Waals surface area contributed by atoms with Crippen LogP contribution in [0.5, 0.6) is 0 Å². The van der Waals surface area contributed by atoms with Gasteiger partial charge in [-0.1, -0.05) is 13.8 Å². The summed E-state index contributed by atoms with van der Waals surface area (Å²) < 4.78 is 0. The third-order valence-electron chi connectivity index (χ3n) is 1.42. The van der Waals surface area contributed by atoms with Gasteiger partial charge in [0, 0.05) is 12.1 Å². The van der Waals surface area contributed by atoms with Crippen LogP contribution in [0, 0.1) is 5.92 Å². The van der Waals surface area contributed by atoms with E-state index in [0.717, 1.165) is 6.42 Å². The molecular weight excluding hydrogens is 112 g/mol. The van der Waals surface area contributed by atoms with Crippen molar-refractivity contribution in [1.82, 2.24) is 0 Å². The highest BCUT2D eigenvalue weighted by atomic mass is 14.8. The van der Waals surface area contributed by atoms with E-state index in [1.807, 2.05) is 6.92 Å². The van der Waals surface area contributed by atoms with Crippen molar-refractivity contribution in [2.24, 2.45) is 17.4 Å². The molecular formula is C7H18N2. The lowest BCUT2D eigenvalue weighted by atomic mass is 10.0. The number of hydrogen-bond donors (Lipinski definition) is 2. The molecule has 4 N–H and O–H groups in total. The average Bonchev–Trinajstić information content (AvgIpc) is 1.63. The molecule has 2 nitrogen and oxygen atoms in total. The van der Waals surface area contributed by atoms with Crippen molar-refractivity contribution in [2.75, 3.05) is 0 Å². The van der Waals surface area contributed by atoms with Gasteiger partial charge in [-0.05, 0) is 19.3 Å². The highest BCUT2D eigenvalue weighted by Crippen LogP contribution is 2.03. The first-order valence-electron chi connectivity index (χ1n) is 3.55. The quantitative estimate of drug-likeness (QED) is 0.591. The number of rotatable bonds is 3. The van der Waals surface area contributed by atoms with E-state index in [-0.39, 0.29) is 12.1 Å². The second-order valence-corrected chi connectivity index (χ2v) is 3.15. The zero-order valence-corrected chi connectivity index (χ0v) is 6.59. The Balaban J connectivity index is 3.38. The summed E-state index contributed by atoms with van der Waals surface area (Å²) in [6, 6.07) is 0.303. The Bertz CT molecular complexity index is 69.3. The molecule has 0 bridgehead atoms. The minimum Gasteiger partial charge on any atom is -0.327 e. The van der Waals surface area contributed by atoms with Gasteiger partial charge in [0.1, 0.15) is 0 Å². The number of nitrogens with two attached hydrogens (primary N) is 2. The molecule has 9 heavy (non-hydrogen) atoms. The van der Waals surface area contributed by atoms with Gasteiger partial charge in [0.05, 0.1) is 0 Å². The molecule has 0 rings (SSSR count). The molecule has 0 aliphatic heterocycles. The van der Waals surface area contributed by atoms with Gasteiger partial charge >= 0.3 is 0 Å². The normalized spacial score (nSPS) is 18.0. The third kappa shape index (κ3) is 4.43. The van der Waals surface area contributed by atoms with E-state index in [1.165, 1.54) is 0 Å². The SMILES string of the molecule is CC(C)CC(N)C(C)N. The highest BCUT2D eigenvalue weighted by Gasteiger charge is 2.08. The largest absolute Gasteiger partial charge is 0.327 e. The second-order valence-electron chi connectivity index (χ2n) is 3.15. The van der Waals surface area contributed by atoms with Crippen molar-refractivity contribution in [3.8, 4) is 0 Å². The van der Waals surface area contributed by atoms with Crippen LogP contribution in [0.25, 0.3) is 0 Å². The summed E-state index contributed by atoms with van der Waals surface area (Å²) in [5.74, 6) is 0.658. The fourth-order valence-corrected chi connectivity index (χ4v) is 0.759. The molecule has 2 unspecified atom stereocenters. The van der Waals surface area contributed by atoms with E-state index in [9.17, 15) is 0 Å². The monoisotopic (exact) mass is 130 g/mol. The first-order chi connectivity index (χ1) is 4.04. The van der Waals surface area contributed by atoms with E-state index in [0.29, 0.717) is 5.92 Å². The smallest absolute Gasteiger partial charge is 0.0192 e. The summed E-state index contributed by atoms with van der Waals surface area (Å²) in [4.78, 5) is 0. The Hall–Kier alpha value is -0.0800. The lowest BCUT2D eigenvalue weighted by molar-refractivity contribution is 0.447. The van der Waals surface area contributed by atoms with Gasteiger partial charge in [0.15, 0.2) is 0 Å². The molecule has 0 radical (unpaired) electrons. The molecule has 0 aromatic heterocycles. The summed E-state index contributed by atoms with van der Waals surface area (Å²) >= 11 is 0. The van der Waals surface area contributed by atoms with Crippen LogP contribution in [0.1, 0.15) is 27.2 Å². The van der Waals surface area contributed by atoms with Gasteiger partial charge in [-0.2, -0.15) is 0 Å². The Labute approximate surface area is 57.6 Å². The zero-order valence-electron chi connectivity index (χ0n) is 6.59. The minimum absolute atomic E-state index is 0.132. The Morgan fingerprint density at radius 3 is 1.67 bits per heavy atom. The predicted molar refractivity (Wildman–Crippen MR) is 41.1 cm³/mol. The molecule has 0 saturated heterocycles. The lowest BCUT2D eigenvalue weighted by Crippen LogP contribution is -2.39. The lowest BCUT2D eigenvalue weighted by Gasteiger charge is -2.16. The fourth-order valence-electron chi connectivity index (χ4n) is 0.759. The van der Waals surface area contributed by atoms with Gasteiger partial charge in [-0.25, -0.2) is 0 Å².